The number of pyridine rings is 1. The summed E-state index contributed by atoms with van der Waals surface area (Å²) in [5.74, 6) is 1.49. The fourth-order valence-corrected chi connectivity index (χ4v) is 8.87. The lowest BCUT2D eigenvalue weighted by atomic mass is 9.82. The highest BCUT2D eigenvalue weighted by atomic mass is 15.0. The third-order valence-corrected chi connectivity index (χ3v) is 11.7. The molecule has 0 radical (unpaired) electrons. The molecule has 8 aromatic rings. The average molecular weight is 749 g/mol. The summed E-state index contributed by atoms with van der Waals surface area (Å²) in [5, 5.41) is 10.3. The van der Waals surface area contributed by atoms with Crippen LogP contribution in [0.3, 0.4) is 0 Å². The first-order valence-corrected chi connectivity index (χ1v) is 19.7. The number of aromatic nitrogens is 5. The van der Waals surface area contributed by atoms with E-state index in [1.165, 1.54) is 39.2 Å². The van der Waals surface area contributed by atoms with Gasteiger partial charge in [0.05, 0.1) is 16.7 Å². The highest BCUT2D eigenvalue weighted by Gasteiger charge is 2.36. The zero-order valence-electron chi connectivity index (χ0n) is 32.4. The van der Waals surface area contributed by atoms with Crippen molar-refractivity contribution in [3.05, 3.63) is 187 Å². The van der Waals surface area contributed by atoms with E-state index in [2.05, 4.69) is 151 Å². The van der Waals surface area contributed by atoms with Gasteiger partial charge in [-0.1, -0.05) is 118 Å². The minimum Gasteiger partial charge on any atom is -0.309 e. The van der Waals surface area contributed by atoms with Gasteiger partial charge in [-0.2, -0.15) is 0 Å². The Morgan fingerprint density at radius 3 is 2.19 bits per heavy atom. The molecule has 0 saturated heterocycles. The van der Waals surface area contributed by atoms with Crippen LogP contribution in [0.2, 0.25) is 0 Å². The highest BCUT2D eigenvalue weighted by Crippen LogP contribution is 2.52. The predicted octanol–water partition coefficient (Wildman–Crippen LogP) is 12.6. The van der Waals surface area contributed by atoms with Crippen molar-refractivity contribution in [2.24, 2.45) is 0 Å². The molecule has 0 amide bonds. The number of hydrogen-bond acceptors (Lipinski definition) is 5. The first kappa shape index (κ1) is 35.1. The maximum Gasteiger partial charge on any atom is 0.164 e. The first-order chi connectivity index (χ1) is 28.4. The Morgan fingerprint density at radius 2 is 1.41 bits per heavy atom. The second kappa shape index (κ2) is 14.0. The maximum atomic E-state index is 7.85. The van der Waals surface area contributed by atoms with E-state index in [4.69, 9.17) is 20.4 Å². The Bertz CT molecular complexity index is 3060. The van der Waals surface area contributed by atoms with E-state index < -0.39 is 0 Å². The third kappa shape index (κ3) is 5.67. The molecule has 0 aliphatic heterocycles. The van der Waals surface area contributed by atoms with Crippen LogP contribution in [0.25, 0.3) is 83.7 Å². The van der Waals surface area contributed by atoms with Crippen LogP contribution in [0.1, 0.15) is 49.2 Å². The van der Waals surface area contributed by atoms with Crippen molar-refractivity contribution in [2.75, 3.05) is 0 Å². The lowest BCUT2D eigenvalue weighted by molar-refractivity contribution is 0.661. The maximum absolute atomic E-state index is 7.85. The summed E-state index contributed by atoms with van der Waals surface area (Å²) >= 11 is 0. The smallest absolute Gasteiger partial charge is 0.164 e. The first-order valence-electron chi connectivity index (χ1n) is 19.7. The van der Waals surface area contributed by atoms with E-state index in [0.29, 0.717) is 23.0 Å². The van der Waals surface area contributed by atoms with Crippen LogP contribution in [-0.4, -0.2) is 30.7 Å². The van der Waals surface area contributed by atoms with Crippen LogP contribution in [0.4, 0.5) is 0 Å². The van der Waals surface area contributed by atoms with E-state index in [9.17, 15) is 0 Å². The topological polar surface area (TPSA) is 80.3 Å². The van der Waals surface area contributed by atoms with Crippen molar-refractivity contribution >= 4 is 39.2 Å². The summed E-state index contributed by atoms with van der Waals surface area (Å²) in [4.78, 5) is 19.3. The van der Waals surface area contributed by atoms with Gasteiger partial charge in [0.2, 0.25) is 0 Å². The fourth-order valence-electron chi connectivity index (χ4n) is 8.87. The molecule has 5 aromatic carbocycles. The molecule has 6 nitrogen and oxygen atoms in total. The third-order valence-electron chi connectivity index (χ3n) is 11.7. The quantitative estimate of drug-likeness (QED) is 0.124. The number of allylic oxidation sites excluding steroid dienone is 7. The second-order valence-corrected chi connectivity index (χ2v) is 15.4. The van der Waals surface area contributed by atoms with E-state index >= 15 is 0 Å². The fraction of sp³-hybridized carbons (Fsp3) is 0.0962. The molecule has 58 heavy (non-hydrogen) atoms. The summed E-state index contributed by atoms with van der Waals surface area (Å²) in [5.41, 5.74) is 15.3. The van der Waals surface area contributed by atoms with Gasteiger partial charge in [-0.25, -0.2) is 15.0 Å². The van der Waals surface area contributed by atoms with Crippen LogP contribution < -0.4 is 0 Å². The molecular formula is C52H40N6. The van der Waals surface area contributed by atoms with Crippen molar-refractivity contribution in [2.45, 2.75) is 32.1 Å². The Morgan fingerprint density at radius 1 is 0.672 bits per heavy atom. The van der Waals surface area contributed by atoms with E-state index in [-0.39, 0.29) is 5.41 Å². The molecule has 2 aliphatic carbocycles. The molecule has 6 heteroatoms. The van der Waals surface area contributed by atoms with Crippen molar-refractivity contribution < 1.29 is 0 Å². The minimum absolute atomic E-state index is 0.124. The second-order valence-electron chi connectivity index (χ2n) is 15.4. The number of rotatable bonds is 8. The van der Waals surface area contributed by atoms with Crippen molar-refractivity contribution in [1.29, 1.82) is 5.41 Å². The Balaban J connectivity index is 1.33. The van der Waals surface area contributed by atoms with Crippen LogP contribution in [0, 0.1) is 5.41 Å². The van der Waals surface area contributed by atoms with Gasteiger partial charge < -0.3 is 9.98 Å². The van der Waals surface area contributed by atoms with Crippen molar-refractivity contribution in [3.63, 3.8) is 0 Å². The normalized spacial score (nSPS) is 14.3. The predicted molar refractivity (Wildman–Crippen MR) is 239 cm³/mol. The number of nitrogens with one attached hydrogen (secondary N) is 1. The van der Waals surface area contributed by atoms with Crippen molar-refractivity contribution in [3.8, 4) is 50.7 Å². The molecule has 0 unspecified atom stereocenters. The molecule has 0 atom stereocenters. The molecule has 0 spiro atoms. The Labute approximate surface area is 337 Å². The van der Waals surface area contributed by atoms with Gasteiger partial charge >= 0.3 is 0 Å². The van der Waals surface area contributed by atoms with Crippen LogP contribution >= 0.6 is 0 Å². The number of nitrogens with zero attached hydrogens (tertiary/aromatic N) is 5. The SMILES string of the molecule is C=C/C(=C\C=N)c1nc(-c2ccncc2)nc(-c2cc(C3=CCCC=C3)c(-n3c4ccccc4c4cc5c(cc43)-c3ccccc3C5(C)C)c(-c3ccccc3)c2)n1. The zero-order chi connectivity index (χ0) is 39.4. The molecule has 0 bridgehead atoms. The van der Waals surface area contributed by atoms with Gasteiger partial charge in [0.25, 0.3) is 0 Å². The number of hydrogen-bond donors (Lipinski definition) is 1. The van der Waals surface area contributed by atoms with Gasteiger partial charge in [-0.15, -0.1) is 0 Å². The monoisotopic (exact) mass is 748 g/mol. The molecule has 3 aromatic heterocycles. The molecular weight excluding hydrogens is 709 g/mol. The zero-order valence-corrected chi connectivity index (χ0v) is 32.4. The summed E-state index contributed by atoms with van der Waals surface area (Å²) in [7, 11) is 0. The molecule has 1 N–H and O–H groups in total. The lowest BCUT2D eigenvalue weighted by Crippen LogP contribution is -2.14. The standard InChI is InChI=1S/C52H40N6/c1-4-33(23-26-53)49-55-50(36-24-27-54-28-25-36)57-51(56-49)37-29-40(34-15-7-5-8-16-34)48(41(30-37)35-17-9-6-10-18-35)58-46-22-14-12-20-39(46)43-31-45-42(32-47(43)58)38-19-11-13-21-44(38)52(45,2)3/h4-5,7-9,11-32,53H,1,6,10H2,2-3H3/b33-23+,53-26?. The summed E-state index contributed by atoms with van der Waals surface area (Å²) in [6.07, 6.45) is 16.9. The highest BCUT2D eigenvalue weighted by molar-refractivity contribution is 6.12. The van der Waals surface area contributed by atoms with Gasteiger partial charge in [0.15, 0.2) is 17.5 Å². The van der Waals surface area contributed by atoms with Crippen LogP contribution in [-0.2, 0) is 5.41 Å². The minimum atomic E-state index is -0.124. The summed E-state index contributed by atoms with van der Waals surface area (Å²) in [6, 6.07) is 41.5. The van der Waals surface area contributed by atoms with Gasteiger partial charge in [0, 0.05) is 62.6 Å². The molecule has 10 rings (SSSR count). The van der Waals surface area contributed by atoms with Gasteiger partial charge in [0.1, 0.15) is 0 Å². The molecule has 3 heterocycles. The van der Waals surface area contributed by atoms with Crippen molar-refractivity contribution in [1.82, 2.24) is 24.5 Å². The number of para-hydroxylation sites is 1. The summed E-state index contributed by atoms with van der Waals surface area (Å²) in [6.45, 7) is 8.72. The molecule has 2 aliphatic rings. The summed E-state index contributed by atoms with van der Waals surface area (Å²) < 4.78 is 2.49. The number of benzene rings is 5. The average Bonchev–Trinajstić information content (AvgIpc) is 3.72. The van der Waals surface area contributed by atoms with Gasteiger partial charge in [-0.3, -0.25) is 4.98 Å². The van der Waals surface area contributed by atoms with Crippen LogP contribution in [0.15, 0.2) is 165 Å². The van der Waals surface area contributed by atoms with E-state index in [1.54, 1.807) is 24.5 Å². The van der Waals surface area contributed by atoms with Crippen LogP contribution in [0.5, 0.6) is 0 Å². The van der Waals surface area contributed by atoms with E-state index in [1.807, 2.05) is 12.1 Å². The Kier molecular flexibility index (Phi) is 8.49. The van der Waals surface area contributed by atoms with E-state index in [0.717, 1.165) is 63.0 Å². The largest absolute Gasteiger partial charge is 0.309 e. The Hall–Kier alpha value is -7.31. The molecule has 0 saturated carbocycles. The lowest BCUT2D eigenvalue weighted by Gasteiger charge is -2.23. The molecule has 0 fully saturated rings. The van der Waals surface area contributed by atoms with Gasteiger partial charge in [-0.05, 0) is 94.8 Å². The number of fused-ring (bicyclic) bond motifs is 6. The molecule has 278 valence electrons.